The molecule has 1 heterocycles. The van der Waals surface area contributed by atoms with Crippen LogP contribution in [0.5, 0.6) is 0 Å². The largest absolute Gasteiger partial charge is 0.481 e. The van der Waals surface area contributed by atoms with Gasteiger partial charge in [0.05, 0.1) is 16.3 Å². The number of thiophene rings is 1. The van der Waals surface area contributed by atoms with Crippen LogP contribution in [0.1, 0.15) is 28.1 Å². The number of benzene rings is 1. The zero-order chi connectivity index (χ0) is 16.8. The molecule has 1 aromatic carbocycles. The van der Waals surface area contributed by atoms with Crippen LogP contribution >= 0.6 is 11.3 Å². The van der Waals surface area contributed by atoms with Gasteiger partial charge in [-0.05, 0) is 17.7 Å². The number of hydrogen-bond donors (Lipinski definition) is 1. The highest BCUT2D eigenvalue weighted by Crippen LogP contribution is 2.27. The molecular weight excluding hydrogens is 314 g/mol. The Morgan fingerprint density at radius 2 is 1.74 bits per heavy atom. The first-order valence-electron chi connectivity index (χ1n) is 7.07. The number of carboxylic acids is 1. The minimum absolute atomic E-state index is 0.333. The van der Waals surface area contributed by atoms with Gasteiger partial charge in [0.2, 0.25) is 0 Å². The van der Waals surface area contributed by atoms with E-state index in [1.807, 2.05) is 48.3 Å². The molecule has 0 aliphatic carbocycles. The molecule has 0 saturated heterocycles. The molecule has 0 aliphatic rings. The van der Waals surface area contributed by atoms with Crippen molar-refractivity contribution < 1.29 is 19.5 Å². The van der Waals surface area contributed by atoms with E-state index in [1.54, 1.807) is 6.07 Å². The number of hydrogen-bond acceptors (Lipinski definition) is 5. The maximum atomic E-state index is 12.0. The van der Waals surface area contributed by atoms with Crippen molar-refractivity contribution in [2.75, 3.05) is 11.9 Å². The summed E-state index contributed by atoms with van der Waals surface area (Å²) in [6.45, 7) is 0.715. The summed E-state index contributed by atoms with van der Waals surface area (Å²) in [7, 11) is 1.93. The monoisotopic (exact) mass is 331 g/mol. The third kappa shape index (κ3) is 5.03. The van der Waals surface area contributed by atoms with Gasteiger partial charge in [-0.2, -0.15) is 0 Å². The number of carboxylic acid groups (broad SMARTS) is 1. The molecular formula is C17H17NO4S. The Morgan fingerprint density at radius 3 is 2.39 bits per heavy atom. The molecule has 6 heteroatoms. The third-order valence-corrected chi connectivity index (χ3v) is 4.45. The summed E-state index contributed by atoms with van der Waals surface area (Å²) in [6.07, 6.45) is -0.980. The molecule has 0 atom stereocenters. The van der Waals surface area contributed by atoms with Gasteiger partial charge in [-0.3, -0.25) is 14.4 Å². The smallest absolute Gasteiger partial charge is 0.310 e. The minimum Gasteiger partial charge on any atom is -0.481 e. The first-order chi connectivity index (χ1) is 11.0. The number of aliphatic carboxylic acids is 1. The fourth-order valence-corrected chi connectivity index (χ4v) is 3.02. The first-order valence-corrected chi connectivity index (χ1v) is 7.89. The third-order valence-electron chi connectivity index (χ3n) is 3.21. The number of anilines is 1. The number of ketones is 2. The highest BCUT2D eigenvalue weighted by atomic mass is 32.1. The van der Waals surface area contributed by atoms with Crippen LogP contribution in [0.2, 0.25) is 0 Å². The van der Waals surface area contributed by atoms with Gasteiger partial charge in [-0.1, -0.05) is 30.3 Å². The topological polar surface area (TPSA) is 74.7 Å². The lowest BCUT2D eigenvalue weighted by Gasteiger charge is -2.16. The molecule has 0 unspecified atom stereocenters. The van der Waals surface area contributed by atoms with Crippen LogP contribution in [0.3, 0.4) is 0 Å². The summed E-state index contributed by atoms with van der Waals surface area (Å²) in [5, 5.41) is 9.47. The number of rotatable bonds is 8. The molecule has 120 valence electrons. The summed E-state index contributed by atoms with van der Waals surface area (Å²) >= 11 is 1.31. The molecule has 0 bridgehead atoms. The lowest BCUT2D eigenvalue weighted by Crippen LogP contribution is -2.14. The standard InChI is InChI=1S/C17H17NO4S/c1-18(11-12-5-3-2-4-6-12)16-8-7-15(23-16)14(20)9-13(19)10-17(21)22/h2-8H,9-11H2,1H3,(H,21,22). The van der Waals surface area contributed by atoms with Gasteiger partial charge in [0, 0.05) is 13.6 Å². The van der Waals surface area contributed by atoms with E-state index in [4.69, 9.17) is 5.11 Å². The summed E-state index contributed by atoms with van der Waals surface area (Å²) in [6, 6.07) is 13.5. The maximum absolute atomic E-state index is 12.0. The molecule has 2 rings (SSSR count). The van der Waals surface area contributed by atoms with Crippen LogP contribution in [0, 0.1) is 0 Å². The summed E-state index contributed by atoms with van der Waals surface area (Å²) < 4.78 is 0. The van der Waals surface area contributed by atoms with Crippen LogP contribution in [0.4, 0.5) is 5.00 Å². The van der Waals surface area contributed by atoms with Gasteiger partial charge in [0.25, 0.3) is 0 Å². The molecule has 0 aliphatic heterocycles. The predicted molar refractivity (Wildman–Crippen MR) is 89.1 cm³/mol. The van der Waals surface area contributed by atoms with E-state index >= 15 is 0 Å². The van der Waals surface area contributed by atoms with Crippen molar-refractivity contribution in [3.8, 4) is 0 Å². The zero-order valence-electron chi connectivity index (χ0n) is 12.7. The summed E-state index contributed by atoms with van der Waals surface area (Å²) in [5.41, 5.74) is 1.16. The molecule has 1 N–H and O–H groups in total. The van der Waals surface area contributed by atoms with Crippen molar-refractivity contribution in [1.29, 1.82) is 0 Å². The zero-order valence-corrected chi connectivity index (χ0v) is 13.5. The highest BCUT2D eigenvalue weighted by molar-refractivity contribution is 7.18. The molecule has 0 radical (unpaired) electrons. The van der Waals surface area contributed by atoms with Crippen LogP contribution in [-0.4, -0.2) is 29.7 Å². The summed E-state index contributed by atoms with van der Waals surface area (Å²) in [5.74, 6) is -2.12. The van der Waals surface area contributed by atoms with Gasteiger partial charge >= 0.3 is 5.97 Å². The van der Waals surface area contributed by atoms with E-state index in [0.29, 0.717) is 11.4 Å². The summed E-state index contributed by atoms with van der Waals surface area (Å²) in [4.78, 5) is 36.4. The van der Waals surface area contributed by atoms with Crippen molar-refractivity contribution in [2.24, 2.45) is 0 Å². The molecule has 0 saturated carbocycles. The Morgan fingerprint density at radius 1 is 1.04 bits per heavy atom. The second-order valence-corrected chi connectivity index (χ2v) is 6.25. The minimum atomic E-state index is -1.21. The van der Waals surface area contributed by atoms with E-state index in [0.717, 1.165) is 10.6 Å². The molecule has 0 spiro atoms. The fourth-order valence-electron chi connectivity index (χ4n) is 2.12. The van der Waals surface area contributed by atoms with E-state index in [-0.39, 0.29) is 12.2 Å². The van der Waals surface area contributed by atoms with Crippen molar-refractivity contribution in [3.05, 3.63) is 52.9 Å². The van der Waals surface area contributed by atoms with Gasteiger partial charge < -0.3 is 10.0 Å². The predicted octanol–water partition coefficient (Wildman–Crippen LogP) is 3.00. The van der Waals surface area contributed by atoms with Crippen molar-refractivity contribution >= 4 is 33.9 Å². The maximum Gasteiger partial charge on any atom is 0.310 e. The van der Waals surface area contributed by atoms with E-state index in [2.05, 4.69) is 0 Å². The fraction of sp³-hybridized carbons (Fsp3) is 0.235. The average Bonchev–Trinajstić information content (AvgIpc) is 2.97. The van der Waals surface area contributed by atoms with Gasteiger partial charge in [0.15, 0.2) is 11.6 Å². The second kappa shape index (κ2) is 7.69. The number of Topliss-reactive ketones (excluding diaryl/α,β-unsaturated/α-hetero) is 2. The van der Waals surface area contributed by atoms with Crippen molar-refractivity contribution in [3.63, 3.8) is 0 Å². The molecule has 5 nitrogen and oxygen atoms in total. The van der Waals surface area contributed by atoms with E-state index < -0.39 is 18.2 Å². The molecule has 1 aromatic heterocycles. The number of nitrogens with zero attached hydrogens (tertiary/aromatic N) is 1. The van der Waals surface area contributed by atoms with Crippen LogP contribution < -0.4 is 4.90 Å². The Kier molecular flexibility index (Phi) is 5.65. The van der Waals surface area contributed by atoms with E-state index in [1.165, 1.54) is 11.3 Å². The quantitative estimate of drug-likeness (QED) is 0.594. The Labute approximate surface area is 138 Å². The van der Waals surface area contributed by atoms with Gasteiger partial charge in [0.1, 0.15) is 6.42 Å². The van der Waals surface area contributed by atoms with Crippen LogP contribution in [0.15, 0.2) is 42.5 Å². The normalized spacial score (nSPS) is 10.3. The molecule has 0 amide bonds. The Hall–Kier alpha value is -2.47. The Bertz CT molecular complexity index is 708. The lowest BCUT2D eigenvalue weighted by molar-refractivity contribution is -0.139. The number of carbonyl (C=O) groups is 3. The van der Waals surface area contributed by atoms with Crippen LogP contribution in [-0.2, 0) is 16.1 Å². The number of carbonyl (C=O) groups excluding carboxylic acids is 2. The van der Waals surface area contributed by atoms with E-state index in [9.17, 15) is 14.4 Å². The van der Waals surface area contributed by atoms with Gasteiger partial charge in [-0.15, -0.1) is 11.3 Å². The second-order valence-electron chi connectivity index (χ2n) is 5.19. The SMILES string of the molecule is CN(Cc1ccccc1)c1ccc(C(=O)CC(=O)CC(=O)O)s1. The van der Waals surface area contributed by atoms with Crippen LogP contribution in [0.25, 0.3) is 0 Å². The molecule has 2 aromatic rings. The lowest BCUT2D eigenvalue weighted by atomic mass is 10.1. The Balaban J connectivity index is 1.98. The van der Waals surface area contributed by atoms with Crippen molar-refractivity contribution in [2.45, 2.75) is 19.4 Å². The van der Waals surface area contributed by atoms with Gasteiger partial charge in [-0.25, -0.2) is 0 Å². The first kappa shape index (κ1) is 16.9. The molecule has 23 heavy (non-hydrogen) atoms. The molecule has 0 fully saturated rings. The average molecular weight is 331 g/mol. The van der Waals surface area contributed by atoms with Crippen molar-refractivity contribution in [1.82, 2.24) is 0 Å². The highest BCUT2D eigenvalue weighted by Gasteiger charge is 2.17.